The number of nitrogens with one attached hydrogen (secondary N) is 2. The van der Waals surface area contributed by atoms with Crippen LogP contribution >= 0.6 is 0 Å². The van der Waals surface area contributed by atoms with E-state index >= 15 is 0 Å². The molecule has 2 amide bonds. The lowest BCUT2D eigenvalue weighted by atomic mass is 9.78. The molecule has 2 rings (SSSR count). The Hall–Kier alpha value is -1.30. The first-order valence-corrected chi connectivity index (χ1v) is 8.23. The molecular formula is C16H28N2O4. The summed E-state index contributed by atoms with van der Waals surface area (Å²) in [5.41, 5.74) is -1.02. The zero-order valence-electron chi connectivity index (χ0n) is 13.5. The van der Waals surface area contributed by atoms with Crippen LogP contribution in [0.2, 0.25) is 0 Å². The van der Waals surface area contributed by atoms with Crippen molar-refractivity contribution in [2.75, 3.05) is 6.54 Å². The van der Waals surface area contributed by atoms with Crippen LogP contribution in [0.5, 0.6) is 0 Å². The van der Waals surface area contributed by atoms with Gasteiger partial charge in [0.05, 0.1) is 11.5 Å². The summed E-state index contributed by atoms with van der Waals surface area (Å²) in [6, 6.07) is -0.239. The number of aliphatic carboxylic acids is 1. The van der Waals surface area contributed by atoms with Crippen molar-refractivity contribution in [3.8, 4) is 0 Å². The van der Waals surface area contributed by atoms with Gasteiger partial charge >= 0.3 is 12.0 Å². The fourth-order valence-corrected chi connectivity index (χ4v) is 3.67. The Kier molecular flexibility index (Phi) is 5.00. The number of hydrogen-bond acceptors (Lipinski definition) is 3. The van der Waals surface area contributed by atoms with Gasteiger partial charge in [0.15, 0.2) is 0 Å². The molecule has 0 bridgehead atoms. The second-order valence-corrected chi connectivity index (χ2v) is 7.48. The van der Waals surface area contributed by atoms with E-state index in [9.17, 15) is 14.7 Å². The van der Waals surface area contributed by atoms with Crippen LogP contribution in [-0.2, 0) is 4.79 Å². The van der Waals surface area contributed by atoms with Crippen LogP contribution in [0.25, 0.3) is 0 Å². The molecule has 1 atom stereocenters. The molecule has 0 saturated heterocycles. The summed E-state index contributed by atoms with van der Waals surface area (Å²) in [5.74, 6) is -1.02. The summed E-state index contributed by atoms with van der Waals surface area (Å²) in [6.07, 6.45) is 5.26. The van der Waals surface area contributed by atoms with Crippen LogP contribution in [-0.4, -0.2) is 40.4 Å². The van der Waals surface area contributed by atoms with Crippen LogP contribution in [0.4, 0.5) is 4.79 Å². The van der Waals surface area contributed by atoms with E-state index in [0.717, 1.165) is 12.8 Å². The normalized spacial score (nSPS) is 34.1. The molecule has 6 nitrogen and oxygen atoms in total. The maximum Gasteiger partial charge on any atom is 0.315 e. The molecule has 6 heteroatoms. The quantitative estimate of drug-likeness (QED) is 0.637. The summed E-state index contributed by atoms with van der Waals surface area (Å²) < 4.78 is 0. The maximum absolute atomic E-state index is 12.0. The molecule has 0 aliphatic heterocycles. The molecule has 2 fully saturated rings. The highest BCUT2D eigenvalue weighted by molar-refractivity contribution is 5.74. The Bertz CT molecular complexity index is 430. The first-order chi connectivity index (χ1) is 10.2. The fraction of sp³-hybridized carbons (Fsp3) is 0.875. The number of urea groups is 1. The molecule has 0 spiro atoms. The molecule has 2 aliphatic carbocycles. The van der Waals surface area contributed by atoms with E-state index in [1.54, 1.807) is 0 Å². The van der Waals surface area contributed by atoms with Crippen molar-refractivity contribution in [3.63, 3.8) is 0 Å². The Balaban J connectivity index is 1.74. The van der Waals surface area contributed by atoms with Gasteiger partial charge in [-0.1, -0.05) is 13.8 Å². The fourth-order valence-electron chi connectivity index (χ4n) is 3.67. The van der Waals surface area contributed by atoms with Crippen molar-refractivity contribution in [3.05, 3.63) is 0 Å². The molecular weight excluding hydrogens is 284 g/mol. The van der Waals surface area contributed by atoms with Gasteiger partial charge < -0.3 is 20.8 Å². The summed E-state index contributed by atoms with van der Waals surface area (Å²) in [7, 11) is 0. The number of aliphatic hydroxyl groups is 1. The number of rotatable bonds is 4. The number of hydrogen-bond donors (Lipinski definition) is 4. The molecule has 126 valence electrons. The van der Waals surface area contributed by atoms with Gasteiger partial charge in [0.1, 0.15) is 0 Å². The van der Waals surface area contributed by atoms with Crippen LogP contribution in [0.15, 0.2) is 0 Å². The lowest BCUT2D eigenvalue weighted by Crippen LogP contribution is -2.53. The van der Waals surface area contributed by atoms with Crippen molar-refractivity contribution >= 4 is 12.0 Å². The van der Waals surface area contributed by atoms with E-state index in [0.29, 0.717) is 32.1 Å². The van der Waals surface area contributed by atoms with Crippen molar-refractivity contribution < 1.29 is 19.8 Å². The molecule has 0 aromatic carbocycles. The van der Waals surface area contributed by atoms with Crippen LogP contribution in [0.1, 0.15) is 58.8 Å². The third-order valence-electron chi connectivity index (χ3n) is 5.60. The van der Waals surface area contributed by atoms with Gasteiger partial charge in [-0.05, 0) is 50.4 Å². The molecule has 2 saturated carbocycles. The highest BCUT2D eigenvalue weighted by Gasteiger charge is 2.47. The van der Waals surface area contributed by atoms with Gasteiger partial charge in [-0.25, -0.2) is 4.79 Å². The van der Waals surface area contributed by atoms with Gasteiger partial charge in [0.25, 0.3) is 0 Å². The highest BCUT2D eigenvalue weighted by atomic mass is 16.4. The van der Waals surface area contributed by atoms with Crippen molar-refractivity contribution in [2.45, 2.75) is 70.4 Å². The lowest BCUT2D eigenvalue weighted by molar-refractivity contribution is -0.142. The minimum atomic E-state index is -0.842. The van der Waals surface area contributed by atoms with Crippen molar-refractivity contribution in [2.24, 2.45) is 11.3 Å². The van der Waals surface area contributed by atoms with E-state index in [1.165, 1.54) is 0 Å². The first kappa shape index (κ1) is 17.1. The molecule has 1 unspecified atom stereocenters. The van der Waals surface area contributed by atoms with Gasteiger partial charge in [0.2, 0.25) is 0 Å². The predicted octanol–water partition coefficient (Wildman–Crippen LogP) is 1.87. The summed E-state index contributed by atoms with van der Waals surface area (Å²) >= 11 is 0. The van der Waals surface area contributed by atoms with Gasteiger partial charge in [-0.15, -0.1) is 0 Å². The Labute approximate surface area is 131 Å². The average Bonchev–Trinajstić information content (AvgIpc) is 2.71. The van der Waals surface area contributed by atoms with Crippen LogP contribution in [0, 0.1) is 11.3 Å². The largest absolute Gasteiger partial charge is 0.481 e. The highest BCUT2D eigenvalue weighted by Crippen LogP contribution is 2.45. The first-order valence-electron chi connectivity index (χ1n) is 8.23. The van der Waals surface area contributed by atoms with E-state index < -0.39 is 11.6 Å². The van der Waals surface area contributed by atoms with Crippen molar-refractivity contribution in [1.82, 2.24) is 10.6 Å². The molecule has 0 radical (unpaired) electrons. The summed E-state index contributed by atoms with van der Waals surface area (Å²) in [5, 5.41) is 25.3. The number of carbonyl (C=O) groups excluding carboxylic acids is 1. The monoisotopic (exact) mass is 312 g/mol. The molecule has 22 heavy (non-hydrogen) atoms. The summed E-state index contributed by atoms with van der Waals surface area (Å²) in [6.45, 7) is 4.33. The molecule has 0 aromatic heterocycles. The second kappa shape index (κ2) is 6.44. The minimum absolute atomic E-state index is 0.0295. The van der Waals surface area contributed by atoms with E-state index in [4.69, 9.17) is 5.11 Å². The van der Waals surface area contributed by atoms with Gasteiger partial charge in [-0.2, -0.15) is 0 Å². The number of amides is 2. The zero-order chi connectivity index (χ0) is 16.4. The maximum atomic E-state index is 12.0. The minimum Gasteiger partial charge on any atom is -0.481 e. The summed E-state index contributed by atoms with van der Waals surface area (Å²) in [4.78, 5) is 22.9. The zero-order valence-corrected chi connectivity index (χ0v) is 13.5. The number of carboxylic acids is 1. The lowest BCUT2D eigenvalue weighted by Gasteiger charge is -2.37. The third-order valence-corrected chi connectivity index (χ3v) is 5.60. The molecule has 4 N–H and O–H groups in total. The van der Waals surface area contributed by atoms with E-state index in [-0.39, 0.29) is 30.0 Å². The molecule has 0 heterocycles. The topological polar surface area (TPSA) is 98.7 Å². The Morgan fingerprint density at radius 1 is 1.14 bits per heavy atom. The standard InChI is InChI=1S/C16H28N2O4/c1-15(2)8-3-9-16(15,22)10-17-14(21)18-12-6-4-11(5-7-12)13(19)20/h11-12,22H,3-10H2,1-2H3,(H,19,20)(H2,17,18,21). The second-order valence-electron chi connectivity index (χ2n) is 7.48. The Morgan fingerprint density at radius 3 is 2.27 bits per heavy atom. The SMILES string of the molecule is CC1(C)CCCC1(O)CNC(=O)NC1CCC(C(=O)O)CC1. The Morgan fingerprint density at radius 2 is 1.77 bits per heavy atom. The molecule has 0 aromatic rings. The van der Waals surface area contributed by atoms with Crippen molar-refractivity contribution in [1.29, 1.82) is 0 Å². The van der Waals surface area contributed by atoms with Gasteiger partial charge in [-0.3, -0.25) is 4.79 Å². The van der Waals surface area contributed by atoms with Crippen LogP contribution in [0.3, 0.4) is 0 Å². The van der Waals surface area contributed by atoms with E-state index in [1.807, 2.05) is 13.8 Å². The third kappa shape index (κ3) is 3.72. The number of carbonyl (C=O) groups is 2. The van der Waals surface area contributed by atoms with E-state index in [2.05, 4.69) is 10.6 Å². The molecule has 2 aliphatic rings. The number of carboxylic acid groups (broad SMARTS) is 1. The van der Waals surface area contributed by atoms with Gasteiger partial charge in [0, 0.05) is 12.6 Å². The smallest absolute Gasteiger partial charge is 0.315 e. The average molecular weight is 312 g/mol. The van der Waals surface area contributed by atoms with Crippen LogP contribution < -0.4 is 10.6 Å². The predicted molar refractivity (Wildman–Crippen MR) is 82.5 cm³/mol.